The fourth-order valence-electron chi connectivity index (χ4n) is 4.16. The fourth-order valence-corrected chi connectivity index (χ4v) is 4.16. The molecule has 0 fully saturated rings. The summed E-state index contributed by atoms with van der Waals surface area (Å²) in [6, 6.07) is 11.1. The van der Waals surface area contributed by atoms with E-state index in [0.717, 1.165) is 0 Å². The van der Waals surface area contributed by atoms with Crippen molar-refractivity contribution in [2.45, 2.75) is 32.0 Å². The van der Waals surface area contributed by atoms with Gasteiger partial charge in [0.1, 0.15) is 12.6 Å². The highest BCUT2D eigenvalue weighted by atomic mass is 16.5. The Morgan fingerprint density at radius 2 is 1.70 bits per heavy atom. The predicted octanol–water partition coefficient (Wildman–Crippen LogP) is 0.115. The van der Waals surface area contributed by atoms with Gasteiger partial charge >= 0.3 is 25.2 Å². The molecule has 1 atom stereocenters. The molecule has 0 unspecified atom stereocenters. The van der Waals surface area contributed by atoms with Crippen molar-refractivity contribution in [1.29, 1.82) is 0 Å². The number of carboxylic acids is 2. The van der Waals surface area contributed by atoms with Crippen molar-refractivity contribution in [3.05, 3.63) is 71.5 Å². The molecule has 17 nitrogen and oxygen atoms in total. The van der Waals surface area contributed by atoms with E-state index in [2.05, 4.69) is 30.6 Å². The molecule has 0 aliphatic carbocycles. The molecular formula is C28H29BN8O9. The van der Waals surface area contributed by atoms with Crippen molar-refractivity contribution < 1.29 is 44.2 Å². The molecular weight excluding hydrogens is 603 g/mol. The van der Waals surface area contributed by atoms with Crippen LogP contribution in [0.4, 0.5) is 22.2 Å². The van der Waals surface area contributed by atoms with E-state index >= 15 is 0 Å². The Kier molecular flexibility index (Phi) is 10.6. The Bertz CT molecular complexity index is 1740. The highest BCUT2D eigenvalue weighted by molar-refractivity contribution is 6.58. The van der Waals surface area contributed by atoms with Gasteiger partial charge in [-0.15, -0.1) is 0 Å². The number of aliphatic carboxylic acids is 2. The molecule has 4 aromatic rings. The van der Waals surface area contributed by atoms with Gasteiger partial charge in [0.2, 0.25) is 5.95 Å². The molecule has 0 saturated carbocycles. The zero-order valence-corrected chi connectivity index (χ0v) is 24.3. The van der Waals surface area contributed by atoms with Crippen LogP contribution in [0.15, 0.2) is 54.7 Å². The first kappa shape index (κ1) is 33.0. The highest BCUT2D eigenvalue weighted by Crippen LogP contribution is 2.21. The number of nitrogen functional groups attached to an aromatic ring is 1. The van der Waals surface area contributed by atoms with Crippen LogP contribution < -0.4 is 26.7 Å². The molecule has 2 amide bonds. The van der Waals surface area contributed by atoms with Crippen LogP contribution >= 0.6 is 0 Å². The number of anilines is 3. The number of carbonyl (C=O) groups is 4. The Morgan fingerprint density at radius 3 is 2.33 bits per heavy atom. The Labute approximate surface area is 261 Å². The number of rotatable bonds is 13. The molecule has 0 saturated heterocycles. The smallest absolute Gasteiger partial charge is 0.481 e. The maximum absolute atomic E-state index is 12.6. The summed E-state index contributed by atoms with van der Waals surface area (Å²) in [5.74, 6) is -3.35. The van der Waals surface area contributed by atoms with Crippen LogP contribution in [0.2, 0.25) is 0 Å². The quantitative estimate of drug-likeness (QED) is 0.0965. The van der Waals surface area contributed by atoms with Gasteiger partial charge in [0.15, 0.2) is 17.0 Å². The lowest BCUT2D eigenvalue weighted by Gasteiger charge is -2.19. The number of ether oxygens (including phenoxy) is 1. The van der Waals surface area contributed by atoms with Gasteiger partial charge < -0.3 is 40.9 Å². The molecule has 4 rings (SSSR count). The van der Waals surface area contributed by atoms with Gasteiger partial charge in [-0.2, -0.15) is 9.97 Å². The third kappa shape index (κ3) is 8.83. The molecule has 0 aliphatic rings. The van der Waals surface area contributed by atoms with Gasteiger partial charge in [-0.3, -0.25) is 14.9 Å². The van der Waals surface area contributed by atoms with E-state index in [-0.39, 0.29) is 53.5 Å². The summed E-state index contributed by atoms with van der Waals surface area (Å²) in [6.07, 6.45) is -0.0389. The first-order chi connectivity index (χ1) is 21.9. The van der Waals surface area contributed by atoms with Crippen molar-refractivity contribution in [2.24, 2.45) is 0 Å². The number of carbonyl (C=O) groups excluding carboxylic acids is 2. The standard InChI is InChI=1S/C28H29BN8O9/c1-37(19-8-4-16(5-9-19)25(40)33-20(26(41)42)10-11-21(38)39)13-18-12-31-23-22(32-18)24(35-27(30)34-23)36-28(43)46-14-15-2-6-17(7-3-15)29(44)45/h2-9,12,20,44-45H,10-11,13-14H2,1H3,(H,33,40)(H,38,39)(H,41,42)(H3,30,31,34,35,36,43)/t20-/m0/s1. The van der Waals surface area contributed by atoms with Gasteiger partial charge in [-0.1, -0.05) is 24.3 Å². The number of nitrogens with zero attached hydrogens (tertiary/aromatic N) is 5. The van der Waals surface area contributed by atoms with Crippen LogP contribution in [0.5, 0.6) is 0 Å². The molecule has 0 aliphatic heterocycles. The van der Waals surface area contributed by atoms with Crippen molar-refractivity contribution in [2.75, 3.05) is 23.0 Å². The normalized spacial score (nSPS) is 11.4. The largest absolute Gasteiger partial charge is 0.488 e. The Morgan fingerprint density at radius 1 is 1.00 bits per heavy atom. The van der Waals surface area contributed by atoms with E-state index < -0.39 is 43.5 Å². The van der Waals surface area contributed by atoms with Crippen LogP contribution in [0.1, 0.15) is 34.5 Å². The van der Waals surface area contributed by atoms with E-state index in [0.29, 0.717) is 16.9 Å². The van der Waals surface area contributed by atoms with Gasteiger partial charge in [-0.05, 0) is 41.7 Å². The summed E-state index contributed by atoms with van der Waals surface area (Å²) in [6.45, 7) is 0.122. The monoisotopic (exact) mass is 632 g/mol. The van der Waals surface area contributed by atoms with Crippen molar-refractivity contribution >= 4 is 65.1 Å². The summed E-state index contributed by atoms with van der Waals surface area (Å²) in [7, 11) is 0.149. The van der Waals surface area contributed by atoms with Gasteiger partial charge in [-0.25, -0.2) is 19.6 Å². The lowest BCUT2D eigenvalue weighted by atomic mass is 9.80. The molecule has 0 spiro atoms. The Hall–Kier alpha value is -5.88. The number of nitrogens with two attached hydrogens (primary N) is 1. The van der Waals surface area contributed by atoms with Gasteiger partial charge in [0, 0.05) is 24.7 Å². The van der Waals surface area contributed by atoms with Crippen molar-refractivity contribution in [1.82, 2.24) is 25.3 Å². The summed E-state index contributed by atoms with van der Waals surface area (Å²) in [5, 5.41) is 41.3. The van der Waals surface area contributed by atoms with Crippen LogP contribution in [0.25, 0.3) is 11.2 Å². The zero-order valence-electron chi connectivity index (χ0n) is 24.3. The third-order valence-electron chi connectivity index (χ3n) is 6.56. The lowest BCUT2D eigenvalue weighted by Crippen LogP contribution is -2.41. The van der Waals surface area contributed by atoms with Crippen LogP contribution in [0.3, 0.4) is 0 Å². The predicted molar refractivity (Wildman–Crippen MR) is 164 cm³/mol. The van der Waals surface area contributed by atoms with Gasteiger partial charge in [0.25, 0.3) is 5.91 Å². The minimum Gasteiger partial charge on any atom is -0.481 e. The average molecular weight is 632 g/mol. The third-order valence-corrected chi connectivity index (χ3v) is 6.56. The second-order valence-corrected chi connectivity index (χ2v) is 9.98. The van der Waals surface area contributed by atoms with Crippen LogP contribution in [0, 0.1) is 0 Å². The fraction of sp³-hybridized carbons (Fsp3) is 0.214. The molecule has 2 aromatic carbocycles. The van der Waals surface area contributed by atoms with E-state index in [9.17, 15) is 34.3 Å². The highest BCUT2D eigenvalue weighted by Gasteiger charge is 2.22. The zero-order chi connectivity index (χ0) is 33.4. The van der Waals surface area contributed by atoms with E-state index in [1.165, 1.54) is 30.5 Å². The van der Waals surface area contributed by atoms with Gasteiger partial charge in [0.05, 0.1) is 18.4 Å². The Balaban J connectivity index is 1.41. The maximum atomic E-state index is 12.6. The summed E-state index contributed by atoms with van der Waals surface area (Å²) >= 11 is 0. The van der Waals surface area contributed by atoms with E-state index in [4.69, 9.17) is 15.6 Å². The second-order valence-electron chi connectivity index (χ2n) is 9.98. The number of nitrogens with one attached hydrogen (secondary N) is 2. The average Bonchev–Trinajstić information content (AvgIpc) is 3.02. The summed E-state index contributed by atoms with van der Waals surface area (Å²) < 4.78 is 5.24. The molecule has 8 N–H and O–H groups in total. The minimum absolute atomic E-state index is 0.0263. The minimum atomic E-state index is -1.61. The molecule has 0 radical (unpaired) electrons. The summed E-state index contributed by atoms with van der Waals surface area (Å²) in [5.41, 5.74) is 8.29. The van der Waals surface area contributed by atoms with Crippen molar-refractivity contribution in [3.63, 3.8) is 0 Å². The van der Waals surface area contributed by atoms with Crippen molar-refractivity contribution in [3.8, 4) is 0 Å². The number of benzene rings is 2. The molecule has 0 bridgehead atoms. The number of hydrogen-bond acceptors (Lipinski definition) is 13. The number of hydrogen-bond donors (Lipinski definition) is 7. The molecule has 238 valence electrons. The first-order valence-corrected chi connectivity index (χ1v) is 13.6. The maximum Gasteiger partial charge on any atom is 0.488 e. The number of aromatic nitrogens is 4. The number of amides is 2. The lowest BCUT2D eigenvalue weighted by molar-refractivity contribution is -0.140. The summed E-state index contributed by atoms with van der Waals surface area (Å²) in [4.78, 5) is 66.0. The van der Waals surface area contributed by atoms with Crippen LogP contribution in [-0.4, -0.2) is 84.3 Å². The molecule has 18 heteroatoms. The van der Waals surface area contributed by atoms with Crippen LogP contribution in [-0.2, 0) is 27.5 Å². The SMILES string of the molecule is CN(Cc1cnc2nc(N)nc(NC(=O)OCc3ccc(B(O)O)cc3)c2n1)c1ccc(C(=O)N[C@@H](CCC(=O)O)C(=O)O)cc1. The number of carboxylic acid groups (broad SMARTS) is 2. The van der Waals surface area contributed by atoms with E-state index in [1.807, 2.05) is 0 Å². The topological polar surface area (TPSA) is 263 Å². The number of fused-ring (bicyclic) bond motifs is 1. The molecule has 46 heavy (non-hydrogen) atoms. The first-order valence-electron chi connectivity index (χ1n) is 13.6. The van der Waals surface area contributed by atoms with E-state index in [1.54, 1.807) is 36.2 Å². The molecule has 2 aromatic heterocycles. The second kappa shape index (κ2) is 14.7. The molecule has 2 heterocycles.